The molecule has 0 fully saturated rings. The second kappa shape index (κ2) is 14.3. The monoisotopic (exact) mass is 580 g/mol. The molecule has 1 heterocycles. The van der Waals surface area contributed by atoms with Gasteiger partial charge in [0.05, 0.1) is 12.7 Å². The van der Waals surface area contributed by atoms with Gasteiger partial charge in [-0.2, -0.15) is 0 Å². The fourth-order valence-corrected chi connectivity index (χ4v) is 10.6. The normalized spacial score (nSPS) is 16.3. The third-order valence-electron chi connectivity index (χ3n) is 8.06. The van der Waals surface area contributed by atoms with E-state index in [1.807, 2.05) is 12.1 Å². The fourth-order valence-electron chi connectivity index (χ4n) is 6.03. The Morgan fingerprint density at radius 1 is 0.976 bits per heavy atom. The van der Waals surface area contributed by atoms with Crippen molar-refractivity contribution in [1.29, 1.82) is 0 Å². The Kier molecular flexibility index (Phi) is 10.8. The van der Waals surface area contributed by atoms with Crippen LogP contribution in [0.4, 0.5) is 0 Å². The van der Waals surface area contributed by atoms with Crippen molar-refractivity contribution < 1.29 is 19.2 Å². The van der Waals surface area contributed by atoms with E-state index in [0.717, 1.165) is 42.4 Å². The summed E-state index contributed by atoms with van der Waals surface area (Å²) in [6, 6.07) is 28.6. The minimum Gasteiger partial charge on any atom is -0.508 e. The second-order valence-electron chi connectivity index (χ2n) is 12.2. The van der Waals surface area contributed by atoms with E-state index in [4.69, 9.17) is 9.08 Å². The van der Waals surface area contributed by atoms with Gasteiger partial charge in [0.2, 0.25) is 0 Å². The molecular weight excluding hydrogens is 535 g/mol. The molecule has 0 amide bonds. The van der Waals surface area contributed by atoms with Gasteiger partial charge in [-0.25, -0.2) is 0 Å². The van der Waals surface area contributed by atoms with E-state index in [2.05, 4.69) is 107 Å². The number of rotatable bonds is 12. The van der Waals surface area contributed by atoms with Crippen LogP contribution >= 0.6 is 0 Å². The summed E-state index contributed by atoms with van der Waals surface area (Å²) in [5, 5.41) is 22.4. The number of allylic oxidation sites excluding steroid dienone is 2. The topological polar surface area (TPSA) is 58.9 Å². The van der Waals surface area contributed by atoms with Crippen LogP contribution in [0.25, 0.3) is 6.08 Å². The van der Waals surface area contributed by atoms with Crippen LogP contribution in [-0.2, 0) is 9.08 Å². The van der Waals surface area contributed by atoms with E-state index in [1.54, 1.807) is 12.1 Å². The molecule has 4 rings (SSSR count). The molecule has 0 bridgehead atoms. The van der Waals surface area contributed by atoms with E-state index < -0.39 is 15.4 Å². The molecule has 1 aliphatic heterocycles. The van der Waals surface area contributed by atoms with E-state index in [0.29, 0.717) is 12.9 Å². The zero-order valence-corrected chi connectivity index (χ0v) is 26.6. The highest BCUT2D eigenvalue weighted by molar-refractivity contribution is 6.99. The van der Waals surface area contributed by atoms with Crippen LogP contribution in [0.15, 0.2) is 114 Å². The maximum Gasteiger partial charge on any atom is 0.458 e. The van der Waals surface area contributed by atoms with Crippen molar-refractivity contribution in [1.82, 2.24) is 0 Å². The molecule has 3 aromatic carbocycles. The first-order valence-electron chi connectivity index (χ1n) is 15.1. The molecule has 1 aliphatic rings. The third-order valence-corrected chi connectivity index (χ3v) is 13.0. The molecule has 0 aromatic heterocycles. The molecular formula is C36H45BO4Si. The average Bonchev–Trinajstić information content (AvgIpc) is 2.98. The molecule has 0 aliphatic carbocycles. The van der Waals surface area contributed by atoms with Crippen LogP contribution < -0.4 is 10.4 Å². The summed E-state index contributed by atoms with van der Waals surface area (Å²) in [5.74, 6) is 0.266. The second-order valence-corrected chi connectivity index (χ2v) is 16.5. The largest absolute Gasteiger partial charge is 0.508 e. The quantitative estimate of drug-likeness (QED) is 0.221. The van der Waals surface area contributed by atoms with E-state index >= 15 is 0 Å². The molecule has 4 nitrogen and oxygen atoms in total. The molecule has 42 heavy (non-hydrogen) atoms. The van der Waals surface area contributed by atoms with Crippen LogP contribution in [0.3, 0.4) is 0 Å². The Morgan fingerprint density at radius 2 is 1.57 bits per heavy atom. The molecule has 1 unspecified atom stereocenters. The molecule has 0 saturated heterocycles. The van der Waals surface area contributed by atoms with Gasteiger partial charge in [-0.15, -0.1) is 0 Å². The highest BCUT2D eigenvalue weighted by atomic mass is 28.4. The lowest BCUT2D eigenvalue weighted by molar-refractivity contribution is 0.180. The first-order chi connectivity index (χ1) is 20.1. The van der Waals surface area contributed by atoms with Crippen LogP contribution in [0, 0.1) is 0 Å². The molecule has 0 radical (unpaired) electrons. The lowest BCUT2D eigenvalue weighted by Crippen LogP contribution is -2.66. The molecule has 2 N–H and O–H groups in total. The maximum atomic E-state index is 10.4. The molecule has 0 spiro atoms. The van der Waals surface area contributed by atoms with E-state index in [1.165, 1.54) is 15.9 Å². The minimum atomic E-state index is -2.71. The van der Waals surface area contributed by atoms with Crippen molar-refractivity contribution in [3.05, 3.63) is 120 Å². The van der Waals surface area contributed by atoms with Gasteiger partial charge in [0.1, 0.15) is 5.75 Å². The highest BCUT2D eigenvalue weighted by Gasteiger charge is 2.50. The van der Waals surface area contributed by atoms with Gasteiger partial charge in [0, 0.05) is 6.32 Å². The molecule has 6 heteroatoms. The Bertz CT molecular complexity index is 1320. The summed E-state index contributed by atoms with van der Waals surface area (Å²) in [5.41, 5.74) is 4.32. The third kappa shape index (κ3) is 7.61. The van der Waals surface area contributed by atoms with Gasteiger partial charge >= 0.3 is 7.12 Å². The number of hydrogen-bond donors (Lipinski definition) is 2. The summed E-state index contributed by atoms with van der Waals surface area (Å²) < 4.78 is 13.3. The van der Waals surface area contributed by atoms with E-state index in [-0.39, 0.29) is 16.9 Å². The van der Waals surface area contributed by atoms with Gasteiger partial charge in [-0.3, -0.25) is 0 Å². The number of benzene rings is 3. The zero-order valence-electron chi connectivity index (χ0n) is 25.6. The maximum absolute atomic E-state index is 10.4. The van der Waals surface area contributed by atoms with Gasteiger partial charge in [0.25, 0.3) is 8.32 Å². The van der Waals surface area contributed by atoms with Crippen molar-refractivity contribution in [2.75, 3.05) is 6.61 Å². The van der Waals surface area contributed by atoms with Crippen molar-refractivity contribution in [2.24, 2.45) is 0 Å². The van der Waals surface area contributed by atoms with Crippen LogP contribution in [-0.4, -0.2) is 38.3 Å². The van der Waals surface area contributed by atoms with Crippen molar-refractivity contribution in [3.8, 4) is 5.75 Å². The minimum absolute atomic E-state index is 0.128. The summed E-state index contributed by atoms with van der Waals surface area (Å²) in [4.78, 5) is 0. The number of aromatic hydroxyl groups is 1. The van der Waals surface area contributed by atoms with Crippen molar-refractivity contribution >= 4 is 31.9 Å². The lowest BCUT2D eigenvalue weighted by atomic mass is 9.78. The first kappa shape index (κ1) is 31.8. The standard InChI is InChI=1S/C36H45BO4Si/c1-6-13-29(26-30-18-21-31(38)22-19-30)20-23-35-34(24-25-37(39)41-35)28(2)27-40-42(36(3,4)5,32-14-9-7-10-15-32)33-16-11-8-12-17-33/h7-12,14-19,21-22,24,26,35,38-39H,2,6,13,20,23,25,27H2,1,3-5H3/b29-26+. The molecule has 1 atom stereocenters. The fraction of sp³-hybridized carbons (Fsp3) is 0.333. The van der Waals surface area contributed by atoms with Crippen molar-refractivity contribution in [2.45, 2.75) is 70.8 Å². The van der Waals surface area contributed by atoms with Gasteiger partial charge in [-0.05, 0) is 63.5 Å². The highest BCUT2D eigenvalue weighted by Crippen LogP contribution is 2.38. The summed E-state index contributed by atoms with van der Waals surface area (Å²) >= 11 is 0. The predicted octanol–water partition coefficient (Wildman–Crippen LogP) is 7.29. The Labute approximate surface area is 253 Å². The Hall–Kier alpha value is -3.16. The van der Waals surface area contributed by atoms with Crippen molar-refractivity contribution in [3.63, 3.8) is 0 Å². The van der Waals surface area contributed by atoms with Crippen LogP contribution in [0.5, 0.6) is 5.75 Å². The first-order valence-corrected chi connectivity index (χ1v) is 17.0. The van der Waals surface area contributed by atoms with Gasteiger partial charge < -0.3 is 19.2 Å². The summed E-state index contributed by atoms with van der Waals surface area (Å²) in [6.45, 7) is 13.9. The number of phenols is 1. The van der Waals surface area contributed by atoms with E-state index in [9.17, 15) is 10.1 Å². The van der Waals surface area contributed by atoms with Crippen LogP contribution in [0.1, 0.15) is 58.9 Å². The SMILES string of the molecule is C=C(CO[Si](c1ccccc1)(c1ccccc1)C(C)(C)C)C1=CCB(O)OC1CC/C(=C/c1ccc(O)cc1)CCC. The predicted molar refractivity (Wildman–Crippen MR) is 179 cm³/mol. The average molecular weight is 581 g/mol. The van der Waals surface area contributed by atoms with Gasteiger partial charge in [-0.1, -0.05) is 131 Å². The van der Waals surface area contributed by atoms with Gasteiger partial charge in [0.15, 0.2) is 0 Å². The smallest absolute Gasteiger partial charge is 0.458 e. The number of hydrogen-bond acceptors (Lipinski definition) is 4. The molecule has 0 saturated carbocycles. The molecule has 220 valence electrons. The summed E-state index contributed by atoms with van der Waals surface area (Å²) in [6.07, 6.45) is 8.06. The Morgan fingerprint density at radius 3 is 2.12 bits per heavy atom. The Balaban J connectivity index is 1.57. The zero-order chi connectivity index (χ0) is 30.2. The number of phenolic OH excluding ortho intramolecular Hbond substituents is 1. The lowest BCUT2D eigenvalue weighted by Gasteiger charge is -2.43. The van der Waals surface area contributed by atoms with Crippen LogP contribution in [0.2, 0.25) is 11.4 Å². The molecule has 3 aromatic rings. The summed E-state index contributed by atoms with van der Waals surface area (Å²) in [7, 11) is -3.53.